The maximum absolute atomic E-state index is 11.6. The lowest BCUT2D eigenvalue weighted by atomic mass is 10.1. The zero-order chi connectivity index (χ0) is 25.2. The molecular weight excluding hydrogens is 460 g/mol. The summed E-state index contributed by atoms with van der Waals surface area (Å²) in [5.74, 6) is 2.28. The fourth-order valence-corrected chi connectivity index (χ4v) is 4.77. The summed E-state index contributed by atoms with van der Waals surface area (Å²) in [5, 5.41) is 0. The largest absolute Gasteiger partial charge is 0.493 e. The quantitative estimate of drug-likeness (QED) is 0.315. The Bertz CT molecular complexity index is 1390. The molecule has 2 aromatic heterocycles. The smallest absolute Gasteiger partial charge is 0.203 e. The van der Waals surface area contributed by atoms with Crippen LogP contribution in [0, 0.1) is 6.92 Å². The summed E-state index contributed by atoms with van der Waals surface area (Å²) in [6.45, 7) is 2.14. The van der Waals surface area contributed by atoms with Crippen molar-refractivity contribution in [2.75, 3.05) is 21.3 Å². The fraction of sp³-hybridized carbons (Fsp3) is 0.286. The Kier molecular flexibility index (Phi) is 6.52. The number of aromatic nitrogens is 2. The molecular formula is C28H28N2O6. The number of rotatable bonds is 9. The predicted molar refractivity (Wildman–Crippen MR) is 134 cm³/mol. The number of aldehydes is 1. The number of pyridine rings is 1. The van der Waals surface area contributed by atoms with Crippen LogP contribution in [0.2, 0.25) is 0 Å². The van der Waals surface area contributed by atoms with Crippen molar-refractivity contribution in [3.63, 3.8) is 0 Å². The second-order valence-corrected chi connectivity index (χ2v) is 8.59. The van der Waals surface area contributed by atoms with Crippen molar-refractivity contribution in [3.8, 4) is 23.0 Å². The second kappa shape index (κ2) is 9.91. The van der Waals surface area contributed by atoms with Crippen LogP contribution in [0.5, 0.6) is 23.0 Å². The summed E-state index contributed by atoms with van der Waals surface area (Å²) >= 11 is 0. The van der Waals surface area contributed by atoms with Crippen molar-refractivity contribution in [1.29, 1.82) is 0 Å². The molecule has 8 nitrogen and oxygen atoms in total. The minimum Gasteiger partial charge on any atom is -0.493 e. The Hall–Kier alpha value is -4.04. The van der Waals surface area contributed by atoms with Crippen molar-refractivity contribution in [2.24, 2.45) is 0 Å². The van der Waals surface area contributed by atoms with Crippen LogP contribution in [0.15, 0.2) is 54.7 Å². The molecule has 36 heavy (non-hydrogen) atoms. The zero-order valence-corrected chi connectivity index (χ0v) is 20.7. The molecule has 0 radical (unpaired) electrons. The second-order valence-electron chi connectivity index (χ2n) is 8.59. The number of carbonyl (C=O) groups is 1. The Morgan fingerprint density at radius 3 is 2.44 bits per heavy atom. The molecule has 0 unspecified atom stereocenters. The van der Waals surface area contributed by atoms with Gasteiger partial charge in [-0.2, -0.15) is 0 Å². The van der Waals surface area contributed by atoms with Crippen LogP contribution in [-0.2, 0) is 17.8 Å². The number of methoxy groups -OCH3 is 3. The molecule has 1 aliphatic carbocycles. The third-order valence-electron chi connectivity index (χ3n) is 6.51. The molecule has 0 amide bonds. The lowest BCUT2D eigenvalue weighted by molar-refractivity contribution is -0.0254. The topological polar surface area (TPSA) is 80.5 Å². The van der Waals surface area contributed by atoms with Crippen molar-refractivity contribution >= 4 is 11.9 Å². The predicted octanol–water partition coefficient (Wildman–Crippen LogP) is 4.74. The molecule has 2 atom stereocenters. The van der Waals surface area contributed by atoms with Gasteiger partial charge < -0.3 is 23.7 Å². The van der Waals surface area contributed by atoms with Gasteiger partial charge in [0.2, 0.25) is 5.75 Å². The lowest BCUT2D eigenvalue weighted by Crippen LogP contribution is -2.23. The molecule has 0 saturated heterocycles. The maximum atomic E-state index is 11.6. The van der Waals surface area contributed by atoms with E-state index in [0.29, 0.717) is 53.1 Å². The minimum atomic E-state index is -0.342. The summed E-state index contributed by atoms with van der Waals surface area (Å²) in [6.07, 6.45) is 2.76. The first-order chi connectivity index (χ1) is 17.6. The van der Waals surface area contributed by atoms with E-state index in [1.807, 2.05) is 49.5 Å². The van der Waals surface area contributed by atoms with E-state index in [4.69, 9.17) is 23.7 Å². The highest BCUT2D eigenvalue weighted by Gasteiger charge is 2.35. The van der Waals surface area contributed by atoms with Gasteiger partial charge in [0, 0.05) is 12.6 Å². The molecule has 0 fully saturated rings. The maximum Gasteiger partial charge on any atom is 0.203 e. The van der Waals surface area contributed by atoms with Crippen LogP contribution in [0.1, 0.15) is 39.0 Å². The monoisotopic (exact) mass is 488 g/mol. The molecule has 5 rings (SSSR count). The average Bonchev–Trinajstić information content (AvgIpc) is 3.43. The Morgan fingerprint density at radius 2 is 1.75 bits per heavy atom. The van der Waals surface area contributed by atoms with Gasteiger partial charge in [0.25, 0.3) is 0 Å². The van der Waals surface area contributed by atoms with E-state index in [0.717, 1.165) is 17.4 Å². The van der Waals surface area contributed by atoms with Gasteiger partial charge in [0.05, 0.1) is 33.6 Å². The van der Waals surface area contributed by atoms with Gasteiger partial charge in [-0.3, -0.25) is 9.20 Å². The summed E-state index contributed by atoms with van der Waals surface area (Å²) in [5.41, 5.74) is 4.91. The number of aryl methyl sites for hydroxylation is 1. The number of hydrogen-bond donors (Lipinski definition) is 0. The standard InChI is InChI=1S/C28H28N2O6/c1-17-21(15-31)30-11-7-10-22(28(30)29-17)36-26-20-9-6-5-8-19(20)14-25(26)35-16-18-12-23(32-2)27(34-4)24(13-18)33-3/h5-13,15,25-26H,14,16H2,1-4H3/t25-,26-/m1/s1. The number of carbonyl (C=O) groups excluding carboxylic acids is 1. The van der Waals surface area contributed by atoms with E-state index >= 15 is 0 Å². The number of imidazole rings is 1. The van der Waals surface area contributed by atoms with Crippen LogP contribution >= 0.6 is 0 Å². The van der Waals surface area contributed by atoms with Crippen molar-refractivity contribution < 1.29 is 28.5 Å². The van der Waals surface area contributed by atoms with E-state index in [-0.39, 0.29) is 12.2 Å². The first-order valence-electron chi connectivity index (χ1n) is 11.7. The first kappa shape index (κ1) is 23.7. The third kappa shape index (κ3) is 4.13. The number of nitrogens with zero attached hydrogens (tertiary/aromatic N) is 2. The number of ether oxygens (including phenoxy) is 5. The third-order valence-corrected chi connectivity index (χ3v) is 6.51. The van der Waals surface area contributed by atoms with E-state index < -0.39 is 0 Å². The number of hydrogen-bond acceptors (Lipinski definition) is 7. The Labute approximate surface area is 209 Å². The molecule has 0 saturated carbocycles. The van der Waals surface area contributed by atoms with Crippen molar-refractivity contribution in [3.05, 3.63) is 82.8 Å². The number of benzene rings is 2. The molecule has 186 valence electrons. The summed E-state index contributed by atoms with van der Waals surface area (Å²) in [6, 6.07) is 15.7. The molecule has 0 spiro atoms. The van der Waals surface area contributed by atoms with E-state index in [2.05, 4.69) is 17.1 Å². The van der Waals surface area contributed by atoms with Crippen molar-refractivity contribution in [1.82, 2.24) is 9.38 Å². The molecule has 2 heterocycles. The molecule has 0 N–H and O–H groups in total. The average molecular weight is 489 g/mol. The van der Waals surface area contributed by atoms with Crippen LogP contribution in [0.25, 0.3) is 5.65 Å². The fourth-order valence-electron chi connectivity index (χ4n) is 4.77. The van der Waals surface area contributed by atoms with Crippen LogP contribution in [0.3, 0.4) is 0 Å². The summed E-state index contributed by atoms with van der Waals surface area (Å²) < 4.78 is 31.1. The van der Waals surface area contributed by atoms with E-state index in [1.54, 1.807) is 25.7 Å². The SMILES string of the molecule is COc1cc(CO[C@@H]2Cc3ccccc3[C@H]2Oc2cccn3c(C=O)c(C)nc23)cc(OC)c1OC. The highest BCUT2D eigenvalue weighted by atomic mass is 16.5. The highest BCUT2D eigenvalue weighted by molar-refractivity contribution is 5.77. The summed E-state index contributed by atoms with van der Waals surface area (Å²) in [7, 11) is 4.76. The van der Waals surface area contributed by atoms with Crippen LogP contribution in [-0.4, -0.2) is 43.1 Å². The lowest BCUT2D eigenvalue weighted by Gasteiger charge is -2.23. The van der Waals surface area contributed by atoms with Gasteiger partial charge in [-0.05, 0) is 47.9 Å². The van der Waals surface area contributed by atoms with E-state index in [1.165, 1.54) is 5.56 Å². The van der Waals surface area contributed by atoms with Gasteiger partial charge in [-0.1, -0.05) is 24.3 Å². The van der Waals surface area contributed by atoms with Gasteiger partial charge in [-0.15, -0.1) is 0 Å². The van der Waals surface area contributed by atoms with E-state index in [9.17, 15) is 4.79 Å². The molecule has 0 bridgehead atoms. The molecule has 8 heteroatoms. The normalized spacial score (nSPS) is 16.6. The zero-order valence-electron chi connectivity index (χ0n) is 20.7. The van der Waals surface area contributed by atoms with Crippen molar-refractivity contribution in [2.45, 2.75) is 32.2 Å². The van der Waals surface area contributed by atoms with Crippen LogP contribution < -0.4 is 18.9 Å². The minimum absolute atomic E-state index is 0.233. The van der Waals surface area contributed by atoms with Crippen LogP contribution in [0.4, 0.5) is 0 Å². The molecule has 4 aromatic rings. The first-order valence-corrected chi connectivity index (χ1v) is 11.7. The van der Waals surface area contributed by atoms with Gasteiger partial charge in [0.15, 0.2) is 35.3 Å². The summed E-state index contributed by atoms with van der Waals surface area (Å²) in [4.78, 5) is 16.2. The number of fused-ring (bicyclic) bond motifs is 2. The molecule has 1 aliphatic rings. The Morgan fingerprint density at radius 1 is 1.00 bits per heavy atom. The van der Waals surface area contributed by atoms with Gasteiger partial charge in [0.1, 0.15) is 11.8 Å². The Balaban J connectivity index is 1.44. The van der Waals surface area contributed by atoms with Gasteiger partial charge >= 0.3 is 0 Å². The molecule has 0 aliphatic heterocycles. The molecule has 2 aromatic carbocycles. The highest BCUT2D eigenvalue weighted by Crippen LogP contribution is 2.41. The van der Waals surface area contributed by atoms with Gasteiger partial charge in [-0.25, -0.2) is 4.98 Å².